The van der Waals surface area contributed by atoms with Crippen LogP contribution in [0.15, 0.2) is 39.9 Å². The van der Waals surface area contributed by atoms with Crippen LogP contribution in [0.25, 0.3) is 0 Å². The van der Waals surface area contributed by atoms with Gasteiger partial charge in [0, 0.05) is 24.2 Å². The third-order valence-corrected chi connectivity index (χ3v) is 4.31. The highest BCUT2D eigenvalue weighted by atomic mass is 127. The van der Waals surface area contributed by atoms with Crippen molar-refractivity contribution in [2.24, 2.45) is 4.99 Å². The zero-order chi connectivity index (χ0) is 23.8. The molecule has 0 fully saturated rings. The molecule has 2 rings (SSSR count). The van der Waals surface area contributed by atoms with Crippen molar-refractivity contribution in [3.05, 3.63) is 47.7 Å². The molecule has 0 saturated carbocycles. The number of nitrogens with zero attached hydrogens (tertiary/aromatic N) is 2. The maximum Gasteiger partial charge on any atom is 0.412 e. The third-order valence-electron chi connectivity index (χ3n) is 4.31. The van der Waals surface area contributed by atoms with Crippen LogP contribution in [0.4, 0.5) is 10.5 Å². The summed E-state index contributed by atoms with van der Waals surface area (Å²) >= 11 is 0. The predicted octanol–water partition coefficient (Wildman–Crippen LogP) is 5.23. The van der Waals surface area contributed by atoms with E-state index in [1.165, 1.54) is 0 Å². The average molecular weight is 572 g/mol. The van der Waals surface area contributed by atoms with Crippen molar-refractivity contribution in [2.75, 3.05) is 18.4 Å². The second kappa shape index (κ2) is 12.8. The lowest BCUT2D eigenvalue weighted by Crippen LogP contribution is -2.38. The van der Waals surface area contributed by atoms with E-state index < -0.39 is 11.7 Å². The van der Waals surface area contributed by atoms with E-state index in [2.05, 4.69) is 46.7 Å². The molecule has 0 spiro atoms. The molecule has 184 valence electrons. The molecule has 0 aliphatic heterocycles. The molecule has 2 aromatic rings. The second-order valence-corrected chi connectivity index (χ2v) is 9.56. The molecule has 0 radical (unpaired) electrons. The molecule has 8 nitrogen and oxygen atoms in total. The molecular weight excluding hydrogens is 533 g/mol. The number of carbonyl (C=O) groups is 1. The number of aliphatic imine (C=N–C) groups is 1. The molecule has 33 heavy (non-hydrogen) atoms. The first-order valence-electron chi connectivity index (χ1n) is 11.0. The first-order valence-corrected chi connectivity index (χ1v) is 11.0. The van der Waals surface area contributed by atoms with Gasteiger partial charge in [-0.3, -0.25) is 5.32 Å². The number of anilines is 1. The van der Waals surface area contributed by atoms with Gasteiger partial charge in [0.2, 0.25) is 5.89 Å². The SMILES string of the molecule is CCNC(=NCc1ncc(C(C)(C)C)o1)NCCc1ccc(NC(=O)OC(C)(C)C)cc1.I. The number of halogens is 1. The number of hydrogen-bond donors (Lipinski definition) is 3. The number of amides is 1. The van der Waals surface area contributed by atoms with Crippen LogP contribution < -0.4 is 16.0 Å². The number of nitrogens with one attached hydrogen (secondary N) is 3. The Bertz CT molecular complexity index is 896. The first-order chi connectivity index (χ1) is 15.0. The predicted molar refractivity (Wildman–Crippen MR) is 143 cm³/mol. The van der Waals surface area contributed by atoms with E-state index in [0.29, 0.717) is 30.6 Å². The number of oxazole rings is 1. The molecule has 0 atom stereocenters. The summed E-state index contributed by atoms with van der Waals surface area (Å²) in [6, 6.07) is 7.71. The molecule has 1 aromatic heterocycles. The second-order valence-electron chi connectivity index (χ2n) is 9.56. The van der Waals surface area contributed by atoms with Crippen LogP contribution in [-0.4, -0.2) is 35.7 Å². The van der Waals surface area contributed by atoms with Gasteiger partial charge in [0.05, 0.1) is 6.20 Å². The number of guanidine groups is 1. The summed E-state index contributed by atoms with van der Waals surface area (Å²) in [7, 11) is 0. The van der Waals surface area contributed by atoms with Gasteiger partial charge in [-0.05, 0) is 51.8 Å². The number of benzene rings is 1. The Hall–Kier alpha value is -2.30. The van der Waals surface area contributed by atoms with Gasteiger partial charge in [0.15, 0.2) is 5.96 Å². The summed E-state index contributed by atoms with van der Waals surface area (Å²) in [5.41, 5.74) is 1.25. The van der Waals surface area contributed by atoms with Crippen molar-refractivity contribution in [1.82, 2.24) is 15.6 Å². The standard InChI is InChI=1S/C24H37N5O3.HI/c1-8-25-21(28-16-20-27-15-19(31-20)23(2,3)4)26-14-13-17-9-11-18(12-10-17)29-22(30)32-24(5,6)7;/h9-12,15H,8,13-14,16H2,1-7H3,(H,29,30)(H2,25,26,28);1H. The number of carbonyl (C=O) groups excluding carboxylic acids is 1. The fraction of sp³-hybridized carbons (Fsp3) is 0.542. The van der Waals surface area contributed by atoms with Gasteiger partial charge >= 0.3 is 6.09 Å². The number of hydrogen-bond acceptors (Lipinski definition) is 5. The fourth-order valence-electron chi connectivity index (χ4n) is 2.72. The van der Waals surface area contributed by atoms with Crippen LogP contribution in [0.5, 0.6) is 0 Å². The van der Waals surface area contributed by atoms with Gasteiger partial charge in [-0.25, -0.2) is 14.8 Å². The molecule has 0 saturated heterocycles. The first kappa shape index (κ1) is 28.7. The monoisotopic (exact) mass is 571 g/mol. The van der Waals surface area contributed by atoms with Crippen molar-refractivity contribution in [3.63, 3.8) is 0 Å². The smallest absolute Gasteiger partial charge is 0.412 e. The van der Waals surface area contributed by atoms with Crippen molar-refractivity contribution >= 4 is 41.7 Å². The number of rotatable bonds is 7. The van der Waals surface area contributed by atoms with E-state index in [9.17, 15) is 4.79 Å². The van der Waals surface area contributed by atoms with Crippen LogP contribution in [0.3, 0.4) is 0 Å². The summed E-state index contributed by atoms with van der Waals surface area (Å²) in [4.78, 5) is 20.7. The van der Waals surface area contributed by atoms with Gasteiger partial charge in [0.25, 0.3) is 0 Å². The quantitative estimate of drug-likeness (QED) is 0.239. The van der Waals surface area contributed by atoms with Crippen LogP contribution in [0.1, 0.15) is 65.7 Å². The Kier molecular flexibility index (Phi) is 11.2. The van der Waals surface area contributed by atoms with Crippen LogP contribution in [0.2, 0.25) is 0 Å². The van der Waals surface area contributed by atoms with Crippen LogP contribution in [0, 0.1) is 0 Å². The highest BCUT2D eigenvalue weighted by molar-refractivity contribution is 14.0. The Morgan fingerprint density at radius 1 is 1.09 bits per heavy atom. The summed E-state index contributed by atoms with van der Waals surface area (Å²) < 4.78 is 11.1. The minimum absolute atomic E-state index is 0. The summed E-state index contributed by atoms with van der Waals surface area (Å²) in [6.07, 6.45) is 2.12. The van der Waals surface area contributed by atoms with Gasteiger partial charge in [-0.1, -0.05) is 32.9 Å². The molecule has 3 N–H and O–H groups in total. The number of ether oxygens (including phenoxy) is 1. The largest absolute Gasteiger partial charge is 0.444 e. The molecule has 0 aliphatic carbocycles. The highest BCUT2D eigenvalue weighted by Gasteiger charge is 2.19. The lowest BCUT2D eigenvalue weighted by molar-refractivity contribution is 0.0636. The zero-order valence-electron chi connectivity index (χ0n) is 20.7. The molecular formula is C24H38IN5O3. The van der Waals surface area contributed by atoms with Crippen molar-refractivity contribution in [3.8, 4) is 0 Å². The zero-order valence-corrected chi connectivity index (χ0v) is 23.1. The lowest BCUT2D eigenvalue weighted by Gasteiger charge is -2.19. The Balaban J connectivity index is 0.00000544. The maximum absolute atomic E-state index is 11.9. The average Bonchev–Trinajstić information content (AvgIpc) is 3.15. The highest BCUT2D eigenvalue weighted by Crippen LogP contribution is 2.22. The molecule has 1 amide bonds. The molecule has 9 heteroatoms. The Morgan fingerprint density at radius 2 is 1.76 bits per heavy atom. The minimum Gasteiger partial charge on any atom is -0.444 e. The Labute approximate surface area is 214 Å². The van der Waals surface area contributed by atoms with E-state index in [1.54, 1.807) is 6.20 Å². The minimum atomic E-state index is -0.524. The maximum atomic E-state index is 11.9. The molecule has 0 aliphatic rings. The van der Waals surface area contributed by atoms with Crippen molar-refractivity contribution in [2.45, 2.75) is 72.4 Å². The molecule has 0 unspecified atom stereocenters. The van der Waals surface area contributed by atoms with Gasteiger partial charge < -0.3 is 19.8 Å². The van der Waals surface area contributed by atoms with Gasteiger partial charge in [-0.15, -0.1) is 24.0 Å². The number of aromatic nitrogens is 1. The topological polar surface area (TPSA) is 101 Å². The lowest BCUT2D eigenvalue weighted by atomic mass is 9.94. The fourth-order valence-corrected chi connectivity index (χ4v) is 2.72. The molecule has 1 heterocycles. The van der Waals surface area contributed by atoms with Crippen molar-refractivity contribution < 1.29 is 13.9 Å². The van der Waals surface area contributed by atoms with Crippen LogP contribution in [-0.2, 0) is 23.1 Å². The summed E-state index contributed by atoms with van der Waals surface area (Å²) in [6.45, 7) is 15.6. The van der Waals surface area contributed by atoms with E-state index in [1.807, 2.05) is 52.0 Å². The summed E-state index contributed by atoms with van der Waals surface area (Å²) in [5.74, 6) is 2.16. The van der Waals surface area contributed by atoms with Crippen molar-refractivity contribution in [1.29, 1.82) is 0 Å². The Morgan fingerprint density at radius 3 is 2.30 bits per heavy atom. The van der Waals surface area contributed by atoms with Gasteiger partial charge in [0.1, 0.15) is 17.9 Å². The van der Waals surface area contributed by atoms with Crippen LogP contribution >= 0.6 is 24.0 Å². The van der Waals surface area contributed by atoms with Gasteiger partial charge in [-0.2, -0.15) is 0 Å². The van der Waals surface area contributed by atoms with E-state index in [-0.39, 0.29) is 29.4 Å². The van der Waals surface area contributed by atoms with E-state index in [4.69, 9.17) is 9.15 Å². The summed E-state index contributed by atoms with van der Waals surface area (Å²) in [5, 5.41) is 9.30. The third kappa shape index (κ3) is 10.9. The molecule has 1 aromatic carbocycles. The van der Waals surface area contributed by atoms with E-state index >= 15 is 0 Å². The normalized spacial score (nSPS) is 12.0. The van der Waals surface area contributed by atoms with E-state index in [0.717, 1.165) is 24.3 Å². The molecule has 0 bridgehead atoms.